The number of hydrogen-bond donors (Lipinski definition) is 2. The average Bonchev–Trinajstić information content (AvgIpc) is 2.33. The molecule has 98 valence electrons. The van der Waals surface area contributed by atoms with Gasteiger partial charge >= 0.3 is 0 Å². The van der Waals surface area contributed by atoms with Crippen LogP contribution in [0, 0.1) is 17.3 Å². The number of amides is 1. The van der Waals surface area contributed by atoms with Gasteiger partial charge in [0.25, 0.3) is 0 Å². The monoisotopic (exact) mass is 238 g/mol. The van der Waals surface area contributed by atoms with E-state index in [-0.39, 0.29) is 11.8 Å². The van der Waals surface area contributed by atoms with Gasteiger partial charge in [-0.15, -0.1) is 0 Å². The van der Waals surface area contributed by atoms with Crippen LogP contribution in [0.5, 0.6) is 0 Å². The Kier molecular flexibility index (Phi) is 4.08. The second-order valence-corrected chi connectivity index (χ2v) is 6.27. The molecule has 2 saturated carbocycles. The Morgan fingerprint density at radius 1 is 1.29 bits per heavy atom. The van der Waals surface area contributed by atoms with Crippen LogP contribution in [0.2, 0.25) is 0 Å². The largest absolute Gasteiger partial charge is 0.355 e. The standard InChI is InChI=1S/C14H26N2O/c1-14(7-4-8-14)10-16-13(17)12-6-3-2-5-11(12)9-15/h11-12H,2-10,15H2,1H3,(H,16,17). The van der Waals surface area contributed by atoms with E-state index in [1.54, 1.807) is 0 Å². The smallest absolute Gasteiger partial charge is 0.223 e. The first-order valence-electron chi connectivity index (χ1n) is 7.12. The van der Waals surface area contributed by atoms with E-state index < -0.39 is 0 Å². The normalized spacial score (nSPS) is 31.6. The molecule has 3 nitrogen and oxygen atoms in total. The highest BCUT2D eigenvalue weighted by molar-refractivity contribution is 5.79. The number of carbonyl (C=O) groups is 1. The third-order valence-electron chi connectivity index (χ3n) is 4.80. The zero-order chi connectivity index (χ0) is 12.3. The number of rotatable bonds is 4. The van der Waals surface area contributed by atoms with Crippen LogP contribution in [0.1, 0.15) is 51.9 Å². The van der Waals surface area contributed by atoms with Crippen LogP contribution in [0.25, 0.3) is 0 Å². The highest BCUT2D eigenvalue weighted by atomic mass is 16.1. The van der Waals surface area contributed by atoms with Crippen molar-refractivity contribution in [1.29, 1.82) is 0 Å². The molecule has 2 rings (SSSR count). The van der Waals surface area contributed by atoms with E-state index in [0.717, 1.165) is 19.4 Å². The van der Waals surface area contributed by atoms with Crippen molar-refractivity contribution >= 4 is 5.91 Å². The first-order chi connectivity index (χ1) is 8.14. The van der Waals surface area contributed by atoms with Gasteiger partial charge in [-0.3, -0.25) is 4.79 Å². The summed E-state index contributed by atoms with van der Waals surface area (Å²) in [6.07, 6.45) is 8.43. The van der Waals surface area contributed by atoms with Gasteiger partial charge in [0.1, 0.15) is 0 Å². The third-order valence-corrected chi connectivity index (χ3v) is 4.80. The lowest BCUT2D eigenvalue weighted by molar-refractivity contribution is -0.128. The van der Waals surface area contributed by atoms with Crippen molar-refractivity contribution in [3.8, 4) is 0 Å². The minimum Gasteiger partial charge on any atom is -0.355 e. The molecule has 0 saturated heterocycles. The molecule has 0 aromatic heterocycles. The summed E-state index contributed by atoms with van der Waals surface area (Å²) < 4.78 is 0. The maximum absolute atomic E-state index is 12.2. The minimum atomic E-state index is 0.178. The highest BCUT2D eigenvalue weighted by Gasteiger charge is 2.34. The second kappa shape index (κ2) is 5.38. The molecule has 17 heavy (non-hydrogen) atoms. The predicted octanol–water partition coefficient (Wildman–Crippen LogP) is 2.06. The van der Waals surface area contributed by atoms with Crippen LogP contribution in [-0.4, -0.2) is 19.0 Å². The molecule has 0 aromatic carbocycles. The Balaban J connectivity index is 1.81. The molecule has 0 aliphatic heterocycles. The molecule has 2 aliphatic rings. The molecule has 0 aromatic rings. The number of carbonyl (C=O) groups excluding carboxylic acids is 1. The van der Waals surface area contributed by atoms with E-state index in [4.69, 9.17) is 5.73 Å². The van der Waals surface area contributed by atoms with E-state index in [0.29, 0.717) is 17.9 Å². The van der Waals surface area contributed by atoms with Crippen LogP contribution in [-0.2, 0) is 4.79 Å². The lowest BCUT2D eigenvalue weighted by atomic mass is 9.70. The number of nitrogens with one attached hydrogen (secondary N) is 1. The van der Waals surface area contributed by atoms with Crippen molar-refractivity contribution in [2.45, 2.75) is 51.9 Å². The van der Waals surface area contributed by atoms with Crippen molar-refractivity contribution in [1.82, 2.24) is 5.32 Å². The first kappa shape index (κ1) is 12.9. The summed E-state index contributed by atoms with van der Waals surface area (Å²) in [5.74, 6) is 0.851. The van der Waals surface area contributed by atoms with Crippen LogP contribution < -0.4 is 11.1 Å². The number of hydrogen-bond acceptors (Lipinski definition) is 2. The topological polar surface area (TPSA) is 55.1 Å². The molecule has 0 spiro atoms. The summed E-state index contributed by atoms with van der Waals surface area (Å²) in [5.41, 5.74) is 6.15. The van der Waals surface area contributed by atoms with Gasteiger partial charge in [0.15, 0.2) is 0 Å². The van der Waals surface area contributed by atoms with Gasteiger partial charge in [0, 0.05) is 12.5 Å². The molecular weight excluding hydrogens is 212 g/mol. The fourth-order valence-electron chi connectivity index (χ4n) is 3.22. The van der Waals surface area contributed by atoms with Crippen molar-refractivity contribution in [3.63, 3.8) is 0 Å². The van der Waals surface area contributed by atoms with Crippen LogP contribution in [0.15, 0.2) is 0 Å². The van der Waals surface area contributed by atoms with Gasteiger partial charge in [-0.1, -0.05) is 26.2 Å². The molecule has 3 N–H and O–H groups in total. The summed E-state index contributed by atoms with van der Waals surface area (Å²) in [6, 6.07) is 0. The molecule has 0 heterocycles. The Labute approximate surface area is 105 Å². The van der Waals surface area contributed by atoms with E-state index in [2.05, 4.69) is 12.2 Å². The van der Waals surface area contributed by atoms with Crippen molar-refractivity contribution in [2.75, 3.05) is 13.1 Å². The van der Waals surface area contributed by atoms with E-state index >= 15 is 0 Å². The average molecular weight is 238 g/mol. The molecule has 0 radical (unpaired) electrons. The van der Waals surface area contributed by atoms with Gasteiger partial charge in [-0.05, 0) is 43.6 Å². The Hall–Kier alpha value is -0.570. The van der Waals surface area contributed by atoms with Crippen LogP contribution >= 0.6 is 0 Å². The summed E-state index contributed by atoms with van der Waals surface area (Å²) in [6.45, 7) is 3.80. The molecule has 2 aliphatic carbocycles. The van der Waals surface area contributed by atoms with Gasteiger partial charge in [-0.25, -0.2) is 0 Å². The van der Waals surface area contributed by atoms with Crippen LogP contribution in [0.4, 0.5) is 0 Å². The molecule has 3 heteroatoms. The maximum atomic E-state index is 12.2. The summed E-state index contributed by atoms with van der Waals surface area (Å²) >= 11 is 0. The van der Waals surface area contributed by atoms with Gasteiger partial charge in [0.2, 0.25) is 5.91 Å². The lowest BCUT2D eigenvalue weighted by Crippen LogP contribution is -2.45. The minimum absolute atomic E-state index is 0.178. The van der Waals surface area contributed by atoms with Gasteiger partial charge in [0.05, 0.1) is 0 Å². The lowest BCUT2D eigenvalue weighted by Gasteiger charge is -2.39. The predicted molar refractivity (Wildman–Crippen MR) is 69.5 cm³/mol. The fraction of sp³-hybridized carbons (Fsp3) is 0.929. The Morgan fingerprint density at radius 2 is 2.00 bits per heavy atom. The molecular formula is C14H26N2O. The second-order valence-electron chi connectivity index (χ2n) is 6.27. The summed E-state index contributed by atoms with van der Waals surface area (Å²) in [5, 5.41) is 3.16. The van der Waals surface area contributed by atoms with Crippen molar-refractivity contribution in [2.24, 2.45) is 23.0 Å². The fourth-order valence-corrected chi connectivity index (χ4v) is 3.22. The summed E-state index contributed by atoms with van der Waals surface area (Å²) in [7, 11) is 0. The Morgan fingerprint density at radius 3 is 2.59 bits per heavy atom. The number of nitrogens with two attached hydrogens (primary N) is 1. The Bertz CT molecular complexity index is 273. The molecule has 2 fully saturated rings. The zero-order valence-electron chi connectivity index (χ0n) is 11.0. The molecule has 1 amide bonds. The quantitative estimate of drug-likeness (QED) is 0.787. The maximum Gasteiger partial charge on any atom is 0.223 e. The van der Waals surface area contributed by atoms with Gasteiger partial charge in [-0.2, -0.15) is 0 Å². The summed E-state index contributed by atoms with van der Waals surface area (Å²) in [4.78, 5) is 12.2. The van der Waals surface area contributed by atoms with Crippen molar-refractivity contribution < 1.29 is 4.79 Å². The van der Waals surface area contributed by atoms with E-state index in [9.17, 15) is 4.79 Å². The molecule has 0 bridgehead atoms. The van der Waals surface area contributed by atoms with E-state index in [1.807, 2.05) is 0 Å². The highest BCUT2D eigenvalue weighted by Crippen LogP contribution is 2.39. The van der Waals surface area contributed by atoms with Gasteiger partial charge < -0.3 is 11.1 Å². The molecule has 2 unspecified atom stereocenters. The van der Waals surface area contributed by atoms with Crippen LogP contribution in [0.3, 0.4) is 0 Å². The SMILES string of the molecule is CC1(CNC(=O)C2CCCCC2CN)CCC1. The molecule has 2 atom stereocenters. The zero-order valence-corrected chi connectivity index (χ0v) is 11.0. The van der Waals surface area contributed by atoms with Crippen molar-refractivity contribution in [3.05, 3.63) is 0 Å². The third kappa shape index (κ3) is 3.01. The van der Waals surface area contributed by atoms with E-state index in [1.165, 1.54) is 32.1 Å². The first-order valence-corrected chi connectivity index (χ1v) is 7.12.